The summed E-state index contributed by atoms with van der Waals surface area (Å²) in [5.74, 6) is -2.80. The Labute approximate surface area is 132 Å². The van der Waals surface area contributed by atoms with E-state index in [-0.39, 0.29) is 28.7 Å². The van der Waals surface area contributed by atoms with E-state index in [4.69, 9.17) is 5.11 Å². The molecule has 2 aliphatic rings. The Bertz CT molecular complexity index is 772. The molecule has 0 aromatic heterocycles. The fourth-order valence-corrected chi connectivity index (χ4v) is 4.65. The second kappa shape index (κ2) is 5.59. The van der Waals surface area contributed by atoms with Crippen molar-refractivity contribution in [2.75, 3.05) is 11.5 Å². The third-order valence-electron chi connectivity index (χ3n) is 4.22. The number of halogens is 1. The van der Waals surface area contributed by atoms with Gasteiger partial charge < -0.3 is 10.0 Å². The summed E-state index contributed by atoms with van der Waals surface area (Å²) < 4.78 is 37.4. The van der Waals surface area contributed by atoms with E-state index in [1.165, 1.54) is 11.0 Å². The van der Waals surface area contributed by atoms with Gasteiger partial charge in [0.05, 0.1) is 22.6 Å². The van der Waals surface area contributed by atoms with Crippen LogP contribution < -0.4 is 0 Å². The Morgan fingerprint density at radius 3 is 2.35 bits per heavy atom. The van der Waals surface area contributed by atoms with Crippen LogP contribution in [0.15, 0.2) is 18.2 Å². The van der Waals surface area contributed by atoms with Crippen molar-refractivity contribution in [2.24, 2.45) is 0 Å². The van der Waals surface area contributed by atoms with Gasteiger partial charge in [0, 0.05) is 12.1 Å². The fourth-order valence-electron chi connectivity index (χ4n) is 2.94. The third kappa shape index (κ3) is 3.21. The highest BCUT2D eigenvalue weighted by atomic mass is 32.2. The highest BCUT2D eigenvalue weighted by Gasteiger charge is 2.42. The van der Waals surface area contributed by atoms with Gasteiger partial charge in [-0.3, -0.25) is 4.79 Å². The van der Waals surface area contributed by atoms with E-state index in [0.29, 0.717) is 6.42 Å². The molecule has 1 N–H and O–H groups in total. The molecule has 1 amide bonds. The van der Waals surface area contributed by atoms with Crippen molar-refractivity contribution in [3.63, 3.8) is 0 Å². The van der Waals surface area contributed by atoms with E-state index in [1.54, 1.807) is 0 Å². The molecule has 8 heteroatoms. The van der Waals surface area contributed by atoms with Crippen molar-refractivity contribution < 1.29 is 27.5 Å². The number of carboxylic acids is 1. The molecule has 6 nitrogen and oxygen atoms in total. The molecule has 1 aromatic rings. The lowest BCUT2D eigenvalue weighted by atomic mass is 10.1. The van der Waals surface area contributed by atoms with Crippen LogP contribution in [0.3, 0.4) is 0 Å². The summed E-state index contributed by atoms with van der Waals surface area (Å²) in [6, 6.07) is 2.65. The zero-order valence-corrected chi connectivity index (χ0v) is 13.1. The lowest BCUT2D eigenvalue weighted by Gasteiger charge is -2.28. The molecule has 1 aliphatic heterocycles. The largest absolute Gasteiger partial charge is 0.478 e. The minimum Gasteiger partial charge on any atom is -0.478 e. The molecule has 0 radical (unpaired) electrons. The molecule has 1 atom stereocenters. The minimum absolute atomic E-state index is 0.0363. The van der Waals surface area contributed by atoms with E-state index in [9.17, 15) is 22.4 Å². The van der Waals surface area contributed by atoms with Gasteiger partial charge in [-0.2, -0.15) is 0 Å². The van der Waals surface area contributed by atoms with Crippen molar-refractivity contribution in [1.29, 1.82) is 0 Å². The van der Waals surface area contributed by atoms with Gasteiger partial charge >= 0.3 is 5.97 Å². The van der Waals surface area contributed by atoms with Crippen LogP contribution in [0.4, 0.5) is 4.39 Å². The first-order valence-corrected chi connectivity index (χ1v) is 9.16. The number of rotatable bonds is 4. The number of aromatic carboxylic acids is 1. The average Bonchev–Trinajstić information content (AvgIpc) is 3.22. The Kier molecular flexibility index (Phi) is 3.87. The highest BCUT2D eigenvalue weighted by Crippen LogP contribution is 2.34. The number of amides is 1. The SMILES string of the molecule is O=C(O)c1ccc(C(=O)N(C2CC2)C2CCS(=O)(=O)C2)c(F)c1. The number of sulfone groups is 1. The van der Waals surface area contributed by atoms with E-state index in [0.717, 1.165) is 25.0 Å². The molecule has 23 heavy (non-hydrogen) atoms. The Morgan fingerprint density at radius 1 is 1.17 bits per heavy atom. The summed E-state index contributed by atoms with van der Waals surface area (Å²) >= 11 is 0. The zero-order valence-electron chi connectivity index (χ0n) is 12.2. The lowest BCUT2D eigenvalue weighted by molar-refractivity contribution is 0.0667. The van der Waals surface area contributed by atoms with Crippen molar-refractivity contribution in [3.05, 3.63) is 35.1 Å². The maximum Gasteiger partial charge on any atom is 0.335 e. The summed E-state index contributed by atoms with van der Waals surface area (Å²) in [5.41, 5.74) is -0.452. The van der Waals surface area contributed by atoms with E-state index in [2.05, 4.69) is 0 Å². The summed E-state index contributed by atoms with van der Waals surface area (Å²) in [7, 11) is -3.16. The van der Waals surface area contributed by atoms with Crippen LogP contribution in [0.5, 0.6) is 0 Å². The number of nitrogens with zero attached hydrogens (tertiary/aromatic N) is 1. The maximum atomic E-state index is 14.1. The maximum absolute atomic E-state index is 14.1. The van der Waals surface area contributed by atoms with Crippen molar-refractivity contribution in [3.8, 4) is 0 Å². The zero-order chi connectivity index (χ0) is 16.8. The predicted octanol–water partition coefficient (Wildman–Crippen LogP) is 1.32. The molecule has 2 fully saturated rings. The van der Waals surface area contributed by atoms with Crippen LogP contribution in [0.25, 0.3) is 0 Å². The lowest BCUT2D eigenvalue weighted by Crippen LogP contribution is -2.43. The minimum atomic E-state index is -3.16. The number of hydrogen-bond donors (Lipinski definition) is 1. The summed E-state index contributed by atoms with van der Waals surface area (Å²) in [5, 5.41) is 8.85. The number of hydrogen-bond acceptors (Lipinski definition) is 4. The number of carboxylic acid groups (broad SMARTS) is 1. The quantitative estimate of drug-likeness (QED) is 0.892. The van der Waals surface area contributed by atoms with Gasteiger partial charge in [-0.25, -0.2) is 17.6 Å². The van der Waals surface area contributed by atoms with Gasteiger partial charge in [0.2, 0.25) is 0 Å². The van der Waals surface area contributed by atoms with Crippen LogP contribution in [0.1, 0.15) is 40.0 Å². The van der Waals surface area contributed by atoms with E-state index >= 15 is 0 Å². The van der Waals surface area contributed by atoms with Crippen LogP contribution in [-0.4, -0.2) is 53.9 Å². The van der Waals surface area contributed by atoms with Crippen LogP contribution in [0.2, 0.25) is 0 Å². The molecule has 124 valence electrons. The van der Waals surface area contributed by atoms with Crippen LogP contribution in [0, 0.1) is 5.82 Å². The first kappa shape index (κ1) is 15.9. The molecule has 1 aliphatic carbocycles. The Balaban J connectivity index is 1.89. The molecule has 1 unspecified atom stereocenters. The Hall–Kier alpha value is -1.96. The van der Waals surface area contributed by atoms with E-state index < -0.39 is 33.6 Å². The monoisotopic (exact) mass is 341 g/mol. The van der Waals surface area contributed by atoms with Gasteiger partial charge in [0.25, 0.3) is 5.91 Å². The molecule has 1 saturated heterocycles. The average molecular weight is 341 g/mol. The molecule has 0 bridgehead atoms. The number of carbonyl (C=O) groups excluding carboxylic acids is 1. The smallest absolute Gasteiger partial charge is 0.335 e. The van der Waals surface area contributed by atoms with Gasteiger partial charge in [0.15, 0.2) is 9.84 Å². The predicted molar refractivity (Wildman–Crippen MR) is 79.6 cm³/mol. The van der Waals surface area contributed by atoms with E-state index in [1.807, 2.05) is 0 Å². The first-order valence-electron chi connectivity index (χ1n) is 7.34. The summed E-state index contributed by atoms with van der Waals surface area (Å²) in [6.07, 6.45) is 1.91. The molecule has 0 spiro atoms. The molecular formula is C15H16FNO5S. The Morgan fingerprint density at radius 2 is 1.87 bits per heavy atom. The second-order valence-electron chi connectivity index (χ2n) is 6.00. The molecular weight excluding hydrogens is 325 g/mol. The molecule has 1 aromatic carbocycles. The van der Waals surface area contributed by atoms with Crippen LogP contribution in [-0.2, 0) is 9.84 Å². The van der Waals surface area contributed by atoms with Gasteiger partial charge in [-0.05, 0) is 37.5 Å². The fraction of sp³-hybridized carbons (Fsp3) is 0.467. The summed E-state index contributed by atoms with van der Waals surface area (Å²) in [6.45, 7) is 0. The standard InChI is InChI=1S/C15H16FNO5S/c16-13-7-9(15(19)20)1-4-12(13)14(18)17(10-2-3-10)11-5-6-23(21,22)8-11/h1,4,7,10-11H,2-3,5-6,8H2,(H,19,20). The molecule has 1 saturated carbocycles. The third-order valence-corrected chi connectivity index (χ3v) is 5.97. The number of carbonyl (C=O) groups is 2. The molecule has 3 rings (SSSR count). The topological polar surface area (TPSA) is 91.8 Å². The van der Waals surface area contributed by atoms with Crippen molar-refractivity contribution in [2.45, 2.75) is 31.3 Å². The van der Waals surface area contributed by atoms with Crippen molar-refractivity contribution in [1.82, 2.24) is 4.90 Å². The first-order chi connectivity index (χ1) is 10.8. The normalized spacial score (nSPS) is 22.7. The summed E-state index contributed by atoms with van der Waals surface area (Å²) in [4.78, 5) is 25.0. The van der Waals surface area contributed by atoms with Gasteiger partial charge in [-0.1, -0.05) is 0 Å². The van der Waals surface area contributed by atoms with Gasteiger partial charge in [-0.15, -0.1) is 0 Å². The highest BCUT2D eigenvalue weighted by molar-refractivity contribution is 7.91. The van der Waals surface area contributed by atoms with Crippen LogP contribution >= 0.6 is 0 Å². The number of benzene rings is 1. The second-order valence-corrected chi connectivity index (χ2v) is 8.23. The molecule has 1 heterocycles. The van der Waals surface area contributed by atoms with Gasteiger partial charge in [0.1, 0.15) is 5.82 Å². The van der Waals surface area contributed by atoms with Crippen molar-refractivity contribution >= 4 is 21.7 Å².